The van der Waals surface area contributed by atoms with Crippen molar-refractivity contribution in [3.63, 3.8) is 0 Å². The number of halogens is 1. The zero-order chi connectivity index (χ0) is 19.5. The lowest BCUT2D eigenvalue weighted by Gasteiger charge is -2.06. The number of nitrogens with one attached hydrogen (secondary N) is 1. The highest BCUT2D eigenvalue weighted by molar-refractivity contribution is 5.90. The Morgan fingerprint density at radius 2 is 1.96 bits per heavy atom. The number of anilines is 1. The Hall–Kier alpha value is -3.81. The smallest absolute Gasteiger partial charge is 0.258 e. The molecular formula is C20H16FN5O2. The first-order valence-electron chi connectivity index (χ1n) is 8.57. The molecule has 1 amide bonds. The number of benzene rings is 2. The molecule has 0 aliphatic carbocycles. The summed E-state index contributed by atoms with van der Waals surface area (Å²) in [5, 5.41) is 6.73. The van der Waals surface area contributed by atoms with Crippen molar-refractivity contribution in [2.45, 2.75) is 13.5 Å². The van der Waals surface area contributed by atoms with E-state index in [0.717, 1.165) is 5.69 Å². The summed E-state index contributed by atoms with van der Waals surface area (Å²) in [6.07, 6.45) is 1.68. The molecule has 7 nitrogen and oxygen atoms in total. The molecule has 0 saturated heterocycles. The fraction of sp³-hybridized carbons (Fsp3) is 0.100. The summed E-state index contributed by atoms with van der Waals surface area (Å²) in [6.45, 7) is 1.88. The predicted octanol–water partition coefficient (Wildman–Crippen LogP) is 3.69. The zero-order valence-electron chi connectivity index (χ0n) is 15.0. The van der Waals surface area contributed by atoms with E-state index in [4.69, 9.17) is 4.52 Å². The van der Waals surface area contributed by atoms with E-state index in [2.05, 4.69) is 20.4 Å². The Labute approximate surface area is 159 Å². The molecule has 4 rings (SSSR count). The minimum Gasteiger partial charge on any atom is -0.334 e. The third-order valence-electron chi connectivity index (χ3n) is 4.07. The van der Waals surface area contributed by atoms with E-state index in [1.54, 1.807) is 29.8 Å². The molecular weight excluding hydrogens is 361 g/mol. The van der Waals surface area contributed by atoms with E-state index in [0.29, 0.717) is 17.1 Å². The van der Waals surface area contributed by atoms with Gasteiger partial charge < -0.3 is 14.4 Å². The largest absolute Gasteiger partial charge is 0.334 e. The Morgan fingerprint density at radius 1 is 1.14 bits per heavy atom. The van der Waals surface area contributed by atoms with Crippen LogP contribution in [-0.2, 0) is 11.3 Å². The van der Waals surface area contributed by atoms with Gasteiger partial charge in [0.05, 0.1) is 0 Å². The summed E-state index contributed by atoms with van der Waals surface area (Å²) in [7, 11) is 0. The molecule has 0 bridgehead atoms. The van der Waals surface area contributed by atoms with Crippen LogP contribution in [0.1, 0.15) is 5.82 Å². The maximum Gasteiger partial charge on any atom is 0.258 e. The van der Waals surface area contributed by atoms with E-state index in [1.807, 2.05) is 30.3 Å². The molecule has 28 heavy (non-hydrogen) atoms. The average molecular weight is 377 g/mol. The second-order valence-corrected chi connectivity index (χ2v) is 6.15. The molecule has 2 heterocycles. The average Bonchev–Trinajstić information content (AvgIpc) is 3.30. The molecule has 0 atom stereocenters. The number of hydrogen-bond donors (Lipinski definition) is 1. The molecule has 4 aromatic rings. The highest BCUT2D eigenvalue weighted by Gasteiger charge is 2.16. The first kappa shape index (κ1) is 17.6. The van der Waals surface area contributed by atoms with Crippen LogP contribution in [0.25, 0.3) is 23.0 Å². The SMILES string of the molecule is Cc1nc(-c2noc(-c3cccc(F)c3)n2)cn1CC(=O)Nc1ccccc1. The Bertz CT molecular complexity index is 1120. The Morgan fingerprint density at radius 3 is 2.75 bits per heavy atom. The summed E-state index contributed by atoms with van der Waals surface area (Å²) in [5.74, 6) is 0.539. The molecule has 1 N–H and O–H groups in total. The van der Waals surface area contributed by atoms with Crippen LogP contribution in [0.3, 0.4) is 0 Å². The molecule has 2 aromatic carbocycles. The van der Waals surface area contributed by atoms with Crippen molar-refractivity contribution in [1.29, 1.82) is 0 Å². The van der Waals surface area contributed by atoms with E-state index >= 15 is 0 Å². The van der Waals surface area contributed by atoms with Crippen molar-refractivity contribution in [2.75, 3.05) is 5.32 Å². The lowest BCUT2D eigenvalue weighted by atomic mass is 10.2. The van der Waals surface area contributed by atoms with Crippen LogP contribution in [0.4, 0.5) is 10.1 Å². The molecule has 8 heteroatoms. The van der Waals surface area contributed by atoms with E-state index in [-0.39, 0.29) is 30.0 Å². The number of carbonyl (C=O) groups excluding carboxylic acids is 1. The van der Waals surface area contributed by atoms with Crippen LogP contribution in [-0.4, -0.2) is 25.6 Å². The second-order valence-electron chi connectivity index (χ2n) is 6.15. The van der Waals surface area contributed by atoms with Crippen molar-refractivity contribution in [3.05, 3.63) is 72.4 Å². The van der Waals surface area contributed by atoms with E-state index in [1.165, 1.54) is 12.1 Å². The maximum absolute atomic E-state index is 13.4. The summed E-state index contributed by atoms with van der Waals surface area (Å²) in [4.78, 5) is 20.9. The highest BCUT2D eigenvalue weighted by Crippen LogP contribution is 2.22. The molecule has 2 aromatic heterocycles. The summed E-state index contributed by atoms with van der Waals surface area (Å²) in [5.41, 5.74) is 1.68. The van der Waals surface area contributed by atoms with Crippen molar-refractivity contribution in [3.8, 4) is 23.0 Å². The highest BCUT2D eigenvalue weighted by atomic mass is 19.1. The van der Waals surface area contributed by atoms with Gasteiger partial charge in [-0.2, -0.15) is 4.98 Å². The van der Waals surface area contributed by atoms with Crippen LogP contribution < -0.4 is 5.32 Å². The van der Waals surface area contributed by atoms with Gasteiger partial charge in [0, 0.05) is 17.4 Å². The zero-order valence-corrected chi connectivity index (χ0v) is 15.0. The van der Waals surface area contributed by atoms with Crippen molar-refractivity contribution < 1.29 is 13.7 Å². The lowest BCUT2D eigenvalue weighted by molar-refractivity contribution is -0.116. The molecule has 0 saturated carbocycles. The molecule has 0 fully saturated rings. The summed E-state index contributed by atoms with van der Waals surface area (Å²) >= 11 is 0. The lowest BCUT2D eigenvalue weighted by Crippen LogP contribution is -2.18. The number of amides is 1. The van der Waals surface area contributed by atoms with Gasteiger partial charge in [-0.1, -0.05) is 29.4 Å². The predicted molar refractivity (Wildman–Crippen MR) is 101 cm³/mol. The second kappa shape index (κ2) is 7.43. The number of aromatic nitrogens is 4. The van der Waals surface area contributed by atoms with Gasteiger partial charge in [0.2, 0.25) is 11.7 Å². The summed E-state index contributed by atoms with van der Waals surface area (Å²) in [6, 6.07) is 15.1. The fourth-order valence-corrected chi connectivity index (χ4v) is 2.72. The van der Waals surface area contributed by atoms with Crippen LogP contribution in [0.5, 0.6) is 0 Å². The fourth-order valence-electron chi connectivity index (χ4n) is 2.72. The molecule has 0 aliphatic heterocycles. The van der Waals surface area contributed by atoms with Crippen LogP contribution >= 0.6 is 0 Å². The van der Waals surface area contributed by atoms with Gasteiger partial charge in [-0.3, -0.25) is 4.79 Å². The van der Waals surface area contributed by atoms with E-state index < -0.39 is 0 Å². The van der Waals surface area contributed by atoms with Crippen molar-refractivity contribution in [1.82, 2.24) is 19.7 Å². The molecule has 140 valence electrons. The van der Waals surface area contributed by atoms with E-state index in [9.17, 15) is 9.18 Å². The van der Waals surface area contributed by atoms with Crippen LogP contribution in [0, 0.1) is 12.7 Å². The number of hydrogen-bond acceptors (Lipinski definition) is 5. The number of aryl methyl sites for hydroxylation is 1. The number of imidazole rings is 1. The minimum atomic E-state index is -0.387. The van der Waals surface area contributed by atoms with Gasteiger partial charge in [0.15, 0.2) is 0 Å². The first-order valence-corrected chi connectivity index (χ1v) is 8.57. The Kier molecular flexibility index (Phi) is 4.67. The van der Waals surface area contributed by atoms with Gasteiger partial charge in [-0.05, 0) is 37.3 Å². The van der Waals surface area contributed by atoms with Gasteiger partial charge in [-0.25, -0.2) is 9.37 Å². The van der Waals surface area contributed by atoms with Crippen LogP contribution in [0.2, 0.25) is 0 Å². The van der Waals surface area contributed by atoms with Crippen LogP contribution in [0.15, 0.2) is 65.3 Å². The monoisotopic (exact) mass is 377 g/mol. The number of rotatable bonds is 5. The topological polar surface area (TPSA) is 85.8 Å². The third kappa shape index (κ3) is 3.80. The molecule has 0 radical (unpaired) electrons. The van der Waals surface area contributed by atoms with Gasteiger partial charge in [-0.15, -0.1) is 0 Å². The maximum atomic E-state index is 13.4. The first-order chi connectivity index (χ1) is 13.6. The quantitative estimate of drug-likeness (QED) is 0.573. The molecule has 0 aliphatic rings. The number of para-hydroxylation sites is 1. The number of carbonyl (C=O) groups is 1. The van der Waals surface area contributed by atoms with Gasteiger partial charge in [0.25, 0.3) is 5.89 Å². The van der Waals surface area contributed by atoms with Crippen molar-refractivity contribution >= 4 is 11.6 Å². The molecule has 0 spiro atoms. The third-order valence-corrected chi connectivity index (χ3v) is 4.07. The molecule has 0 unspecified atom stereocenters. The Balaban J connectivity index is 1.51. The van der Waals surface area contributed by atoms with Gasteiger partial charge in [0.1, 0.15) is 23.9 Å². The number of nitrogens with zero attached hydrogens (tertiary/aromatic N) is 4. The van der Waals surface area contributed by atoms with Gasteiger partial charge >= 0.3 is 0 Å². The van der Waals surface area contributed by atoms with Crippen molar-refractivity contribution in [2.24, 2.45) is 0 Å². The normalized spacial score (nSPS) is 10.8. The minimum absolute atomic E-state index is 0.0995. The summed E-state index contributed by atoms with van der Waals surface area (Å²) < 4.78 is 20.3. The standard InChI is InChI=1S/C20H16FN5O2/c1-13-22-17(11-26(13)12-18(27)23-16-8-3-2-4-9-16)19-24-20(28-25-19)14-6-5-7-15(21)10-14/h2-11H,12H2,1H3,(H,23,27).